The molecule has 0 atom stereocenters. The number of hydrogen-bond donors (Lipinski definition) is 1. The average Bonchev–Trinajstić information content (AvgIpc) is 2.97. The largest absolute Gasteiger partial charge is 0.372 e. The topological polar surface area (TPSA) is 75.5 Å². The van der Waals surface area contributed by atoms with Crippen LogP contribution in [0.2, 0.25) is 0 Å². The lowest BCUT2D eigenvalue weighted by atomic mass is 10.1. The number of amides is 1. The fourth-order valence-corrected chi connectivity index (χ4v) is 3.63. The van der Waals surface area contributed by atoms with Crippen LogP contribution in [-0.4, -0.2) is 30.5 Å². The molecule has 1 saturated heterocycles. The first kappa shape index (κ1) is 19.9. The van der Waals surface area contributed by atoms with Crippen LogP contribution in [0.15, 0.2) is 42.5 Å². The second-order valence-electron chi connectivity index (χ2n) is 7.33. The number of nitro groups is 1. The molecule has 1 N–H and O–H groups in total. The van der Waals surface area contributed by atoms with Crippen molar-refractivity contribution in [2.75, 3.05) is 24.5 Å². The number of nitrogens with one attached hydrogen (secondary N) is 1. The predicted molar refractivity (Wildman–Crippen MR) is 111 cm³/mol. The van der Waals surface area contributed by atoms with Crippen LogP contribution in [0.5, 0.6) is 0 Å². The SMILES string of the molecule is Cc1cc(C(=O)NCCc2ccc(N3CCCCCC3)cc2)ccc1[N+](=O)[O-]. The number of anilines is 1. The van der Waals surface area contributed by atoms with Crippen molar-refractivity contribution in [2.45, 2.75) is 39.0 Å². The van der Waals surface area contributed by atoms with Crippen LogP contribution in [-0.2, 0) is 6.42 Å². The average molecular weight is 381 g/mol. The molecular formula is C22H27N3O3. The number of aryl methyl sites for hydroxylation is 1. The zero-order chi connectivity index (χ0) is 19.9. The first-order valence-corrected chi connectivity index (χ1v) is 9.92. The zero-order valence-corrected chi connectivity index (χ0v) is 16.3. The van der Waals surface area contributed by atoms with Crippen LogP contribution in [0.3, 0.4) is 0 Å². The Hall–Kier alpha value is -2.89. The molecule has 2 aromatic carbocycles. The van der Waals surface area contributed by atoms with Crippen LogP contribution in [0.1, 0.15) is 47.2 Å². The number of carbonyl (C=O) groups is 1. The molecule has 2 aromatic rings. The summed E-state index contributed by atoms with van der Waals surface area (Å²) in [5.41, 5.74) is 3.41. The molecule has 0 aromatic heterocycles. The molecule has 0 unspecified atom stereocenters. The minimum Gasteiger partial charge on any atom is -0.372 e. The van der Waals surface area contributed by atoms with E-state index >= 15 is 0 Å². The highest BCUT2D eigenvalue weighted by atomic mass is 16.6. The lowest BCUT2D eigenvalue weighted by Crippen LogP contribution is -2.26. The molecule has 0 bridgehead atoms. The van der Waals surface area contributed by atoms with Crippen molar-refractivity contribution < 1.29 is 9.72 Å². The Balaban J connectivity index is 1.51. The lowest BCUT2D eigenvalue weighted by Gasteiger charge is -2.22. The highest BCUT2D eigenvalue weighted by molar-refractivity contribution is 5.94. The molecule has 0 aliphatic carbocycles. The van der Waals surface area contributed by atoms with E-state index in [9.17, 15) is 14.9 Å². The lowest BCUT2D eigenvalue weighted by molar-refractivity contribution is -0.385. The van der Waals surface area contributed by atoms with Gasteiger partial charge in [0.25, 0.3) is 11.6 Å². The Morgan fingerprint density at radius 1 is 1.07 bits per heavy atom. The van der Waals surface area contributed by atoms with Crippen molar-refractivity contribution in [3.63, 3.8) is 0 Å². The van der Waals surface area contributed by atoms with Gasteiger partial charge in [0, 0.05) is 42.5 Å². The van der Waals surface area contributed by atoms with Gasteiger partial charge in [0.1, 0.15) is 0 Å². The van der Waals surface area contributed by atoms with Crippen molar-refractivity contribution in [1.29, 1.82) is 0 Å². The fourth-order valence-electron chi connectivity index (χ4n) is 3.63. The second-order valence-corrected chi connectivity index (χ2v) is 7.33. The number of rotatable bonds is 6. The van der Waals surface area contributed by atoms with E-state index in [2.05, 4.69) is 34.5 Å². The highest BCUT2D eigenvalue weighted by Gasteiger charge is 2.14. The van der Waals surface area contributed by atoms with Gasteiger partial charge in [-0.05, 0) is 56.0 Å². The van der Waals surface area contributed by atoms with Crippen molar-refractivity contribution >= 4 is 17.3 Å². The number of nitrogens with zero attached hydrogens (tertiary/aromatic N) is 2. The van der Waals surface area contributed by atoms with Gasteiger partial charge in [0.05, 0.1) is 4.92 Å². The highest BCUT2D eigenvalue weighted by Crippen LogP contribution is 2.20. The normalized spacial score (nSPS) is 14.4. The Labute approximate surface area is 165 Å². The van der Waals surface area contributed by atoms with Gasteiger partial charge in [-0.25, -0.2) is 0 Å². The monoisotopic (exact) mass is 381 g/mol. The van der Waals surface area contributed by atoms with Crippen LogP contribution < -0.4 is 10.2 Å². The molecule has 6 nitrogen and oxygen atoms in total. The van der Waals surface area contributed by atoms with E-state index in [0.29, 0.717) is 17.7 Å². The summed E-state index contributed by atoms with van der Waals surface area (Å²) in [6, 6.07) is 13.0. The molecule has 28 heavy (non-hydrogen) atoms. The van der Waals surface area contributed by atoms with Gasteiger partial charge in [-0.2, -0.15) is 0 Å². The Morgan fingerprint density at radius 2 is 1.75 bits per heavy atom. The van der Waals surface area contributed by atoms with Crippen LogP contribution in [0.25, 0.3) is 0 Å². The van der Waals surface area contributed by atoms with E-state index in [1.807, 2.05) is 0 Å². The van der Waals surface area contributed by atoms with E-state index in [0.717, 1.165) is 19.5 Å². The number of carbonyl (C=O) groups excluding carboxylic acids is 1. The summed E-state index contributed by atoms with van der Waals surface area (Å²) >= 11 is 0. The summed E-state index contributed by atoms with van der Waals surface area (Å²) in [6.07, 6.45) is 5.91. The summed E-state index contributed by atoms with van der Waals surface area (Å²) in [5, 5.41) is 13.8. The summed E-state index contributed by atoms with van der Waals surface area (Å²) in [7, 11) is 0. The molecular weight excluding hydrogens is 354 g/mol. The minimum atomic E-state index is -0.438. The minimum absolute atomic E-state index is 0.0287. The van der Waals surface area contributed by atoms with Gasteiger partial charge >= 0.3 is 0 Å². The van der Waals surface area contributed by atoms with Crippen molar-refractivity contribution in [2.24, 2.45) is 0 Å². The molecule has 1 heterocycles. The molecule has 0 radical (unpaired) electrons. The molecule has 0 saturated carbocycles. The van der Waals surface area contributed by atoms with Gasteiger partial charge in [-0.1, -0.05) is 25.0 Å². The third-order valence-electron chi connectivity index (χ3n) is 5.26. The summed E-state index contributed by atoms with van der Waals surface area (Å²) < 4.78 is 0. The third-order valence-corrected chi connectivity index (χ3v) is 5.26. The van der Waals surface area contributed by atoms with Gasteiger partial charge in [0.2, 0.25) is 0 Å². The van der Waals surface area contributed by atoms with Crippen LogP contribution >= 0.6 is 0 Å². The third kappa shape index (κ3) is 5.09. The van der Waals surface area contributed by atoms with Crippen molar-refractivity contribution in [1.82, 2.24) is 5.32 Å². The van der Waals surface area contributed by atoms with Crippen molar-refractivity contribution in [3.8, 4) is 0 Å². The van der Waals surface area contributed by atoms with Gasteiger partial charge in [-0.15, -0.1) is 0 Å². The second kappa shape index (κ2) is 9.35. The molecule has 148 valence electrons. The maximum Gasteiger partial charge on any atom is 0.272 e. The molecule has 1 fully saturated rings. The van der Waals surface area contributed by atoms with Gasteiger partial charge in [-0.3, -0.25) is 14.9 Å². The molecule has 1 aliphatic heterocycles. The standard InChI is InChI=1S/C22H27N3O3/c1-17-16-19(8-11-21(17)25(27)28)22(26)23-13-12-18-6-9-20(10-7-18)24-14-4-2-3-5-15-24/h6-11,16H,2-5,12-15H2,1H3,(H,23,26). The Morgan fingerprint density at radius 3 is 2.36 bits per heavy atom. The van der Waals surface area contributed by atoms with Gasteiger partial charge in [0.15, 0.2) is 0 Å². The number of nitro benzene ring substituents is 1. The quantitative estimate of drug-likeness (QED) is 0.599. The first-order valence-electron chi connectivity index (χ1n) is 9.92. The number of benzene rings is 2. The first-order chi connectivity index (χ1) is 13.5. The molecule has 1 amide bonds. The molecule has 3 rings (SSSR count). The smallest absolute Gasteiger partial charge is 0.272 e. The Bertz CT molecular complexity index is 825. The molecule has 1 aliphatic rings. The van der Waals surface area contributed by atoms with E-state index < -0.39 is 4.92 Å². The molecule has 6 heteroatoms. The number of hydrogen-bond acceptors (Lipinski definition) is 4. The maximum atomic E-state index is 12.3. The summed E-state index contributed by atoms with van der Waals surface area (Å²) in [5.74, 6) is -0.209. The molecule has 0 spiro atoms. The predicted octanol–water partition coefficient (Wildman–Crippen LogP) is 4.26. The zero-order valence-electron chi connectivity index (χ0n) is 16.3. The fraction of sp³-hybridized carbons (Fsp3) is 0.409. The van der Waals surface area contributed by atoms with E-state index in [1.54, 1.807) is 13.0 Å². The van der Waals surface area contributed by atoms with E-state index in [-0.39, 0.29) is 11.6 Å². The van der Waals surface area contributed by atoms with E-state index in [4.69, 9.17) is 0 Å². The van der Waals surface area contributed by atoms with Crippen molar-refractivity contribution in [3.05, 3.63) is 69.3 Å². The van der Waals surface area contributed by atoms with Crippen LogP contribution in [0, 0.1) is 17.0 Å². The van der Waals surface area contributed by atoms with Gasteiger partial charge < -0.3 is 10.2 Å². The summed E-state index contributed by atoms with van der Waals surface area (Å²) in [4.78, 5) is 25.2. The van der Waals surface area contributed by atoms with E-state index in [1.165, 1.54) is 49.1 Å². The maximum absolute atomic E-state index is 12.3. The summed E-state index contributed by atoms with van der Waals surface area (Å²) in [6.45, 7) is 4.42. The Kier molecular flexibility index (Phi) is 6.63. The van der Waals surface area contributed by atoms with Crippen LogP contribution in [0.4, 0.5) is 11.4 Å².